The van der Waals surface area contributed by atoms with E-state index in [1.807, 2.05) is 18.2 Å². The summed E-state index contributed by atoms with van der Waals surface area (Å²) >= 11 is 1.33. The van der Waals surface area contributed by atoms with Gasteiger partial charge in [0.2, 0.25) is 5.01 Å². The molecular weight excluding hydrogens is 248 g/mol. The predicted octanol–water partition coefficient (Wildman–Crippen LogP) is 2.40. The molecule has 0 aliphatic heterocycles. The highest BCUT2D eigenvalue weighted by Crippen LogP contribution is 2.54. The van der Waals surface area contributed by atoms with Gasteiger partial charge >= 0.3 is 5.97 Å². The Morgan fingerprint density at radius 3 is 2.61 bits per heavy atom. The third-order valence-corrected chi connectivity index (χ3v) is 4.38. The van der Waals surface area contributed by atoms with Crippen molar-refractivity contribution in [3.63, 3.8) is 0 Å². The lowest BCUT2D eigenvalue weighted by Crippen LogP contribution is -2.07. The van der Waals surface area contributed by atoms with Crippen LogP contribution in [-0.2, 0) is 10.2 Å². The highest BCUT2D eigenvalue weighted by atomic mass is 32.1. The molecule has 1 aromatic heterocycles. The largest absolute Gasteiger partial charge is 0.464 e. The Bertz CT molecular complexity index is 576. The summed E-state index contributed by atoms with van der Waals surface area (Å²) in [5.41, 5.74) is 1.23. The lowest BCUT2D eigenvalue weighted by Gasteiger charge is -2.10. The molecule has 4 nitrogen and oxygen atoms in total. The van der Waals surface area contributed by atoms with Crippen LogP contribution in [0.2, 0.25) is 0 Å². The van der Waals surface area contributed by atoms with Crippen LogP contribution in [0.3, 0.4) is 0 Å². The second-order valence-corrected chi connectivity index (χ2v) is 5.33. The average Bonchev–Trinajstić information content (AvgIpc) is 3.10. The minimum Gasteiger partial charge on any atom is -0.464 e. The first-order chi connectivity index (χ1) is 8.76. The molecule has 2 aromatic rings. The highest BCUT2D eigenvalue weighted by molar-refractivity contribution is 7.13. The number of carbonyl (C=O) groups is 1. The number of ether oxygens (including phenoxy) is 1. The second kappa shape index (κ2) is 4.17. The summed E-state index contributed by atoms with van der Waals surface area (Å²) in [6.45, 7) is 0. The Kier molecular flexibility index (Phi) is 2.63. The Morgan fingerprint density at radius 2 is 2.00 bits per heavy atom. The maximum atomic E-state index is 11.4. The van der Waals surface area contributed by atoms with E-state index in [4.69, 9.17) is 0 Å². The van der Waals surface area contributed by atoms with E-state index in [9.17, 15) is 4.79 Å². The molecule has 5 heteroatoms. The van der Waals surface area contributed by atoms with Gasteiger partial charge in [0.25, 0.3) is 0 Å². The number of hydrogen-bond acceptors (Lipinski definition) is 5. The van der Waals surface area contributed by atoms with Crippen LogP contribution in [0.25, 0.3) is 0 Å². The van der Waals surface area contributed by atoms with Crippen molar-refractivity contribution in [1.29, 1.82) is 0 Å². The van der Waals surface area contributed by atoms with Crippen LogP contribution in [0.15, 0.2) is 30.3 Å². The number of nitrogens with zero attached hydrogens (tertiary/aromatic N) is 2. The summed E-state index contributed by atoms with van der Waals surface area (Å²) in [7, 11) is 1.35. The minimum atomic E-state index is -0.414. The molecular formula is C13H12N2O2S. The van der Waals surface area contributed by atoms with Gasteiger partial charge in [-0.1, -0.05) is 41.7 Å². The fourth-order valence-corrected chi connectivity index (χ4v) is 3.13. The van der Waals surface area contributed by atoms with Gasteiger partial charge in [-0.15, -0.1) is 10.2 Å². The smallest absolute Gasteiger partial charge is 0.369 e. The van der Waals surface area contributed by atoms with Crippen LogP contribution < -0.4 is 0 Å². The Morgan fingerprint density at radius 1 is 1.28 bits per heavy atom. The molecule has 1 aromatic carbocycles. The SMILES string of the molecule is COC(=O)c1nnc(C2(c3ccccc3)CC2)s1. The van der Waals surface area contributed by atoms with Gasteiger partial charge < -0.3 is 4.74 Å². The van der Waals surface area contributed by atoms with E-state index in [0.717, 1.165) is 17.8 Å². The topological polar surface area (TPSA) is 52.1 Å². The first kappa shape index (κ1) is 11.3. The summed E-state index contributed by atoms with van der Waals surface area (Å²) in [6, 6.07) is 10.3. The van der Waals surface area contributed by atoms with E-state index in [0.29, 0.717) is 5.01 Å². The average molecular weight is 260 g/mol. The summed E-state index contributed by atoms with van der Waals surface area (Å²) < 4.78 is 4.66. The number of rotatable bonds is 3. The lowest BCUT2D eigenvalue weighted by molar-refractivity contribution is 0.0599. The van der Waals surface area contributed by atoms with Gasteiger partial charge in [0.15, 0.2) is 0 Å². The predicted molar refractivity (Wildman–Crippen MR) is 67.7 cm³/mol. The van der Waals surface area contributed by atoms with Crippen molar-refractivity contribution in [2.75, 3.05) is 7.11 Å². The molecule has 1 heterocycles. The molecule has 0 atom stereocenters. The molecule has 1 fully saturated rings. The fourth-order valence-electron chi connectivity index (χ4n) is 2.09. The van der Waals surface area contributed by atoms with Gasteiger partial charge in [-0.25, -0.2) is 4.79 Å². The van der Waals surface area contributed by atoms with E-state index in [1.54, 1.807) is 0 Å². The van der Waals surface area contributed by atoms with Gasteiger partial charge in [-0.2, -0.15) is 0 Å². The maximum absolute atomic E-state index is 11.4. The van der Waals surface area contributed by atoms with Crippen molar-refractivity contribution < 1.29 is 9.53 Å². The van der Waals surface area contributed by atoms with Crippen molar-refractivity contribution >= 4 is 17.3 Å². The number of methoxy groups -OCH3 is 1. The van der Waals surface area contributed by atoms with Crippen LogP contribution >= 0.6 is 11.3 Å². The zero-order valence-electron chi connectivity index (χ0n) is 9.92. The normalized spacial score (nSPS) is 16.3. The summed E-state index contributed by atoms with van der Waals surface area (Å²) in [5.74, 6) is -0.414. The molecule has 1 aliphatic carbocycles. The van der Waals surface area contributed by atoms with Gasteiger partial charge in [-0.3, -0.25) is 0 Å². The molecule has 0 bridgehead atoms. The van der Waals surface area contributed by atoms with E-state index < -0.39 is 5.97 Å². The Balaban J connectivity index is 1.96. The molecule has 0 unspecified atom stereocenters. The molecule has 1 aliphatic rings. The van der Waals surface area contributed by atoms with E-state index >= 15 is 0 Å². The van der Waals surface area contributed by atoms with Crippen LogP contribution in [0.1, 0.15) is 33.2 Å². The van der Waals surface area contributed by atoms with Gasteiger partial charge in [-0.05, 0) is 18.4 Å². The van der Waals surface area contributed by atoms with Crippen LogP contribution in [0.5, 0.6) is 0 Å². The molecule has 0 saturated heterocycles. The van der Waals surface area contributed by atoms with Crippen molar-refractivity contribution in [3.05, 3.63) is 45.9 Å². The lowest BCUT2D eigenvalue weighted by atomic mass is 9.97. The molecule has 0 amide bonds. The van der Waals surface area contributed by atoms with Crippen molar-refractivity contribution in [2.45, 2.75) is 18.3 Å². The summed E-state index contributed by atoms with van der Waals surface area (Å²) in [4.78, 5) is 11.4. The van der Waals surface area contributed by atoms with E-state index in [-0.39, 0.29) is 5.41 Å². The van der Waals surface area contributed by atoms with E-state index in [2.05, 4.69) is 27.1 Å². The molecule has 1 saturated carbocycles. The number of hydrogen-bond donors (Lipinski definition) is 0. The highest BCUT2D eigenvalue weighted by Gasteiger charge is 2.49. The molecule has 0 N–H and O–H groups in total. The third kappa shape index (κ3) is 1.71. The number of carbonyl (C=O) groups excluding carboxylic acids is 1. The van der Waals surface area contributed by atoms with Crippen molar-refractivity contribution in [2.24, 2.45) is 0 Å². The summed E-state index contributed by atoms with van der Waals surface area (Å²) in [5, 5.41) is 9.32. The Hall–Kier alpha value is -1.75. The van der Waals surface area contributed by atoms with Crippen molar-refractivity contribution in [1.82, 2.24) is 10.2 Å². The second-order valence-electron chi connectivity index (χ2n) is 4.35. The maximum Gasteiger partial charge on any atom is 0.369 e. The molecule has 92 valence electrons. The van der Waals surface area contributed by atoms with E-state index in [1.165, 1.54) is 24.0 Å². The molecule has 3 rings (SSSR count). The zero-order chi connectivity index (χ0) is 12.6. The molecule has 18 heavy (non-hydrogen) atoms. The monoisotopic (exact) mass is 260 g/mol. The van der Waals surface area contributed by atoms with Crippen LogP contribution in [-0.4, -0.2) is 23.3 Å². The molecule has 0 spiro atoms. The van der Waals surface area contributed by atoms with Gasteiger partial charge in [0, 0.05) is 5.41 Å². The van der Waals surface area contributed by atoms with Gasteiger partial charge in [0.1, 0.15) is 5.01 Å². The first-order valence-corrected chi connectivity index (χ1v) is 6.56. The number of esters is 1. The van der Waals surface area contributed by atoms with Gasteiger partial charge in [0.05, 0.1) is 7.11 Å². The molecule has 0 radical (unpaired) electrons. The third-order valence-electron chi connectivity index (χ3n) is 3.27. The Labute approximate surface area is 109 Å². The quantitative estimate of drug-likeness (QED) is 0.795. The zero-order valence-corrected chi connectivity index (χ0v) is 10.7. The van der Waals surface area contributed by atoms with Crippen LogP contribution in [0.4, 0.5) is 0 Å². The first-order valence-electron chi connectivity index (χ1n) is 5.74. The number of aromatic nitrogens is 2. The number of benzene rings is 1. The minimum absolute atomic E-state index is 0.0226. The van der Waals surface area contributed by atoms with Crippen LogP contribution in [0, 0.1) is 0 Å². The fraction of sp³-hybridized carbons (Fsp3) is 0.308. The summed E-state index contributed by atoms with van der Waals surface area (Å²) in [6.07, 6.45) is 2.12. The van der Waals surface area contributed by atoms with Crippen molar-refractivity contribution in [3.8, 4) is 0 Å². The standard InChI is InChI=1S/C13H12N2O2S/c1-17-11(16)10-14-15-12(18-10)13(7-8-13)9-5-3-2-4-6-9/h2-6H,7-8H2,1H3.